The molecule has 1 atom stereocenters. The number of ether oxygens (including phenoxy) is 1. The molecule has 8 heteroatoms. The molecular formula is C12H12BrNO5S. The van der Waals surface area contributed by atoms with E-state index in [4.69, 9.17) is 16.3 Å². The zero-order valence-corrected chi connectivity index (χ0v) is 12.9. The van der Waals surface area contributed by atoms with Crippen molar-refractivity contribution in [3.05, 3.63) is 22.7 Å². The maximum absolute atomic E-state index is 12.1. The number of terminal acetylenes is 1. The van der Waals surface area contributed by atoms with Gasteiger partial charge in [-0.1, -0.05) is 0 Å². The van der Waals surface area contributed by atoms with Crippen LogP contribution in [0.25, 0.3) is 0 Å². The fourth-order valence-corrected chi connectivity index (χ4v) is 3.27. The Hall–Kier alpha value is -1.56. The number of sulfonamides is 1. The second kappa shape index (κ2) is 6.74. The van der Waals surface area contributed by atoms with Gasteiger partial charge in [-0.2, -0.15) is 4.72 Å². The van der Waals surface area contributed by atoms with Crippen LogP contribution in [-0.4, -0.2) is 32.6 Å². The molecular weight excluding hydrogens is 350 g/mol. The molecule has 0 aromatic heterocycles. The molecule has 0 spiro atoms. The summed E-state index contributed by atoms with van der Waals surface area (Å²) in [5, 5.41) is 8.90. The lowest BCUT2D eigenvalue weighted by Crippen LogP contribution is -2.40. The Bertz CT molecular complexity index is 650. The van der Waals surface area contributed by atoms with E-state index in [0.717, 1.165) is 0 Å². The minimum Gasteiger partial charge on any atom is -0.496 e. The molecule has 1 unspecified atom stereocenters. The summed E-state index contributed by atoms with van der Waals surface area (Å²) < 4.78 is 31.6. The van der Waals surface area contributed by atoms with Crippen molar-refractivity contribution < 1.29 is 23.1 Å². The highest BCUT2D eigenvalue weighted by Crippen LogP contribution is 2.27. The van der Waals surface area contributed by atoms with Gasteiger partial charge in [0.15, 0.2) is 0 Å². The van der Waals surface area contributed by atoms with Crippen LogP contribution in [0.5, 0.6) is 5.75 Å². The molecule has 108 valence electrons. The maximum Gasteiger partial charge on any atom is 0.322 e. The fourth-order valence-electron chi connectivity index (χ4n) is 1.37. The van der Waals surface area contributed by atoms with Crippen LogP contribution in [0.1, 0.15) is 6.42 Å². The molecule has 1 rings (SSSR count). The third-order valence-electron chi connectivity index (χ3n) is 2.35. The summed E-state index contributed by atoms with van der Waals surface area (Å²) >= 11 is 3.16. The number of methoxy groups -OCH3 is 1. The minimum atomic E-state index is -3.99. The van der Waals surface area contributed by atoms with Crippen LogP contribution in [0.4, 0.5) is 0 Å². The monoisotopic (exact) mass is 361 g/mol. The quantitative estimate of drug-likeness (QED) is 0.743. The first kappa shape index (κ1) is 16.5. The molecule has 6 nitrogen and oxygen atoms in total. The Kier molecular flexibility index (Phi) is 5.56. The van der Waals surface area contributed by atoms with Crippen LogP contribution < -0.4 is 9.46 Å². The summed E-state index contributed by atoms with van der Waals surface area (Å²) in [4.78, 5) is 10.8. The number of rotatable bonds is 6. The van der Waals surface area contributed by atoms with Gasteiger partial charge in [-0.05, 0) is 34.1 Å². The SMILES string of the molecule is C#CCC(NS(=O)(=O)c1ccc(OC)c(Br)c1)C(=O)O. The highest BCUT2D eigenvalue weighted by atomic mass is 79.9. The molecule has 0 amide bonds. The van der Waals surface area contributed by atoms with Crippen LogP contribution in [0.15, 0.2) is 27.6 Å². The fraction of sp³-hybridized carbons (Fsp3) is 0.250. The van der Waals surface area contributed by atoms with Crippen LogP contribution in [0.3, 0.4) is 0 Å². The lowest BCUT2D eigenvalue weighted by Gasteiger charge is -2.13. The van der Waals surface area contributed by atoms with Gasteiger partial charge in [0, 0.05) is 6.42 Å². The molecule has 0 saturated heterocycles. The zero-order valence-electron chi connectivity index (χ0n) is 10.5. The van der Waals surface area contributed by atoms with Gasteiger partial charge < -0.3 is 9.84 Å². The van der Waals surface area contributed by atoms with E-state index in [9.17, 15) is 13.2 Å². The second-order valence-electron chi connectivity index (χ2n) is 3.72. The lowest BCUT2D eigenvalue weighted by atomic mass is 10.2. The number of carbonyl (C=O) groups is 1. The molecule has 1 aromatic carbocycles. The number of hydrogen-bond acceptors (Lipinski definition) is 4. The van der Waals surface area contributed by atoms with Gasteiger partial charge in [0.25, 0.3) is 0 Å². The molecule has 20 heavy (non-hydrogen) atoms. The van der Waals surface area contributed by atoms with Gasteiger partial charge in [-0.15, -0.1) is 12.3 Å². The number of hydrogen-bond donors (Lipinski definition) is 2. The molecule has 2 N–H and O–H groups in total. The highest BCUT2D eigenvalue weighted by molar-refractivity contribution is 9.10. The Labute approximate surface area is 125 Å². The van der Waals surface area contributed by atoms with E-state index in [2.05, 4.69) is 21.9 Å². The third kappa shape index (κ3) is 3.96. The number of halogens is 1. The van der Waals surface area contributed by atoms with E-state index in [1.807, 2.05) is 4.72 Å². The Morgan fingerprint density at radius 3 is 2.70 bits per heavy atom. The van der Waals surface area contributed by atoms with Crippen molar-refractivity contribution in [1.82, 2.24) is 4.72 Å². The van der Waals surface area contributed by atoms with Gasteiger partial charge in [-0.3, -0.25) is 4.79 Å². The Morgan fingerprint density at radius 1 is 1.60 bits per heavy atom. The van der Waals surface area contributed by atoms with E-state index in [0.29, 0.717) is 10.2 Å². The predicted octanol–water partition coefficient (Wildman–Crippen LogP) is 1.21. The van der Waals surface area contributed by atoms with Gasteiger partial charge in [0.2, 0.25) is 10.0 Å². The Balaban J connectivity index is 3.08. The molecule has 0 radical (unpaired) electrons. The molecule has 0 heterocycles. The summed E-state index contributed by atoms with van der Waals surface area (Å²) in [6, 6.07) is 2.71. The predicted molar refractivity (Wildman–Crippen MR) is 75.9 cm³/mol. The number of aliphatic carboxylic acids is 1. The molecule has 0 aliphatic carbocycles. The third-order valence-corrected chi connectivity index (χ3v) is 4.44. The average molecular weight is 362 g/mol. The van der Waals surface area contributed by atoms with Crippen LogP contribution >= 0.6 is 15.9 Å². The Morgan fingerprint density at radius 2 is 2.25 bits per heavy atom. The molecule has 0 aliphatic heterocycles. The normalized spacial score (nSPS) is 12.4. The first-order chi connectivity index (χ1) is 9.31. The summed E-state index contributed by atoms with van der Waals surface area (Å²) in [6.45, 7) is 0. The van der Waals surface area contributed by atoms with E-state index >= 15 is 0 Å². The molecule has 1 aromatic rings. The number of benzene rings is 1. The minimum absolute atomic E-state index is 0.0894. The largest absolute Gasteiger partial charge is 0.496 e. The van der Waals surface area contributed by atoms with Gasteiger partial charge >= 0.3 is 5.97 Å². The summed E-state index contributed by atoms with van der Waals surface area (Å²) in [5.41, 5.74) is 0. The lowest BCUT2D eigenvalue weighted by molar-refractivity contribution is -0.138. The number of carboxylic acids is 1. The van der Waals surface area contributed by atoms with E-state index in [1.165, 1.54) is 25.3 Å². The number of carboxylic acid groups (broad SMARTS) is 1. The second-order valence-corrected chi connectivity index (χ2v) is 6.29. The van der Waals surface area contributed by atoms with Crippen molar-refractivity contribution in [2.45, 2.75) is 17.4 Å². The standard InChI is InChI=1S/C12H12BrNO5S/c1-3-4-10(12(15)16)14-20(17,18)8-5-6-11(19-2)9(13)7-8/h1,5-7,10,14H,4H2,2H3,(H,15,16). The zero-order chi connectivity index (χ0) is 15.3. The first-order valence-corrected chi connectivity index (χ1v) is 7.61. The molecule has 0 fully saturated rings. The highest BCUT2D eigenvalue weighted by Gasteiger charge is 2.25. The van der Waals surface area contributed by atoms with Gasteiger partial charge in [0.1, 0.15) is 11.8 Å². The number of nitrogens with one attached hydrogen (secondary N) is 1. The van der Waals surface area contributed by atoms with Crippen LogP contribution in [-0.2, 0) is 14.8 Å². The van der Waals surface area contributed by atoms with Crippen LogP contribution in [0.2, 0.25) is 0 Å². The van der Waals surface area contributed by atoms with Crippen molar-refractivity contribution in [2.24, 2.45) is 0 Å². The van der Waals surface area contributed by atoms with Crippen molar-refractivity contribution in [1.29, 1.82) is 0 Å². The topological polar surface area (TPSA) is 92.7 Å². The van der Waals surface area contributed by atoms with Crippen LogP contribution in [0, 0.1) is 12.3 Å². The van der Waals surface area contributed by atoms with Gasteiger partial charge in [0.05, 0.1) is 16.5 Å². The smallest absolute Gasteiger partial charge is 0.322 e. The summed E-state index contributed by atoms with van der Waals surface area (Å²) in [5.74, 6) is 1.24. The molecule has 0 aliphatic rings. The van der Waals surface area contributed by atoms with Gasteiger partial charge in [-0.25, -0.2) is 8.42 Å². The van der Waals surface area contributed by atoms with Crippen molar-refractivity contribution in [2.75, 3.05) is 7.11 Å². The van der Waals surface area contributed by atoms with E-state index in [1.54, 1.807) is 0 Å². The van der Waals surface area contributed by atoms with Crippen molar-refractivity contribution in [3.8, 4) is 18.1 Å². The first-order valence-electron chi connectivity index (χ1n) is 5.34. The summed E-state index contributed by atoms with van der Waals surface area (Å²) in [7, 11) is -2.54. The van der Waals surface area contributed by atoms with Crippen molar-refractivity contribution in [3.63, 3.8) is 0 Å². The average Bonchev–Trinajstić information content (AvgIpc) is 2.37. The van der Waals surface area contributed by atoms with E-state index in [-0.39, 0.29) is 11.3 Å². The van der Waals surface area contributed by atoms with E-state index < -0.39 is 22.0 Å². The van der Waals surface area contributed by atoms with Crippen molar-refractivity contribution >= 4 is 31.9 Å². The maximum atomic E-state index is 12.1. The molecule has 0 bridgehead atoms. The summed E-state index contributed by atoms with van der Waals surface area (Å²) in [6.07, 6.45) is 4.77. The molecule has 0 saturated carbocycles.